The lowest BCUT2D eigenvalue weighted by Crippen LogP contribution is -2.43. The molecule has 2 aliphatic carbocycles. The maximum atomic E-state index is 12.9. The van der Waals surface area contributed by atoms with E-state index in [4.69, 9.17) is 4.98 Å². The van der Waals surface area contributed by atoms with Crippen LogP contribution in [0.1, 0.15) is 43.4 Å². The molecule has 0 saturated carbocycles. The first-order valence-corrected chi connectivity index (χ1v) is 10.4. The van der Waals surface area contributed by atoms with E-state index >= 15 is 0 Å². The Morgan fingerprint density at radius 3 is 2.66 bits per heavy atom. The number of anilines is 3. The first kappa shape index (κ1) is 18.2. The number of aromatic nitrogens is 3. The molecule has 1 spiro atoms. The summed E-state index contributed by atoms with van der Waals surface area (Å²) in [6.07, 6.45) is 10.0. The molecule has 3 aliphatic rings. The Morgan fingerprint density at radius 1 is 1.14 bits per heavy atom. The number of fused-ring (bicyclic) bond motifs is 2. The summed E-state index contributed by atoms with van der Waals surface area (Å²) in [5, 5.41) is 6.59. The minimum Gasteiger partial charge on any atom is -0.368 e. The minimum absolute atomic E-state index is 0.161. The van der Waals surface area contributed by atoms with Crippen LogP contribution in [0.5, 0.6) is 0 Å². The zero-order valence-electron chi connectivity index (χ0n) is 16.7. The van der Waals surface area contributed by atoms with Gasteiger partial charge in [0.15, 0.2) is 0 Å². The van der Waals surface area contributed by atoms with E-state index in [0.717, 1.165) is 56.0 Å². The number of nitrogens with zero attached hydrogens (tertiary/aromatic N) is 4. The first-order chi connectivity index (χ1) is 14.2. The van der Waals surface area contributed by atoms with Crippen LogP contribution >= 0.6 is 0 Å². The maximum absolute atomic E-state index is 12.9. The van der Waals surface area contributed by atoms with Crippen LogP contribution in [-0.2, 0) is 10.2 Å². The second-order valence-electron chi connectivity index (χ2n) is 8.25. The van der Waals surface area contributed by atoms with Crippen LogP contribution in [0.2, 0.25) is 0 Å². The average Bonchev–Trinajstić information content (AvgIpc) is 3.25. The summed E-state index contributed by atoms with van der Waals surface area (Å²) in [6.45, 7) is 6.06. The van der Waals surface area contributed by atoms with Gasteiger partial charge in [-0.15, -0.1) is 0 Å². The lowest BCUT2D eigenvalue weighted by atomic mass is 9.67. The fourth-order valence-corrected chi connectivity index (χ4v) is 4.67. The van der Waals surface area contributed by atoms with E-state index in [-0.39, 0.29) is 5.92 Å². The molecule has 1 saturated heterocycles. The molecule has 29 heavy (non-hydrogen) atoms. The van der Waals surface area contributed by atoms with Crippen molar-refractivity contribution in [3.63, 3.8) is 0 Å². The molecule has 7 nitrogen and oxygen atoms in total. The third kappa shape index (κ3) is 3.19. The molecule has 1 unspecified atom stereocenters. The molecule has 7 heteroatoms. The van der Waals surface area contributed by atoms with Gasteiger partial charge in [0.2, 0.25) is 5.95 Å². The number of carbonyl (C=O) groups is 1. The number of pyridine rings is 1. The fraction of sp³-hybridized carbons (Fsp3) is 0.455. The van der Waals surface area contributed by atoms with Crippen molar-refractivity contribution in [3.8, 4) is 0 Å². The number of hydrogen-bond donors (Lipinski definition) is 2. The summed E-state index contributed by atoms with van der Waals surface area (Å²) in [4.78, 5) is 29.1. The van der Waals surface area contributed by atoms with Crippen LogP contribution in [-0.4, -0.2) is 46.9 Å². The number of carbonyl (C=O) groups excluding carboxylic acids is 1. The predicted octanol–water partition coefficient (Wildman–Crippen LogP) is 2.69. The van der Waals surface area contributed by atoms with Crippen molar-refractivity contribution in [3.05, 3.63) is 47.9 Å². The second kappa shape index (κ2) is 7.22. The van der Waals surface area contributed by atoms with Gasteiger partial charge in [-0.25, -0.2) is 15.0 Å². The largest absolute Gasteiger partial charge is 0.368 e. The SMILES string of the molecule is CC1CC(=O)C2(CC=CC2)c2nc(Nc3ccc(N4CCNCC4)cn3)ncc21. The van der Waals surface area contributed by atoms with Gasteiger partial charge in [0.25, 0.3) is 0 Å². The number of allylic oxidation sites excluding steroid dienone is 2. The van der Waals surface area contributed by atoms with E-state index in [1.54, 1.807) is 0 Å². The second-order valence-corrected chi connectivity index (χ2v) is 8.25. The summed E-state index contributed by atoms with van der Waals surface area (Å²) < 4.78 is 0. The van der Waals surface area contributed by atoms with Crippen LogP contribution in [0.4, 0.5) is 17.5 Å². The van der Waals surface area contributed by atoms with Crippen LogP contribution in [0, 0.1) is 0 Å². The van der Waals surface area contributed by atoms with Gasteiger partial charge in [0.1, 0.15) is 11.6 Å². The summed E-state index contributed by atoms with van der Waals surface area (Å²) >= 11 is 0. The molecule has 0 amide bonds. The molecule has 3 heterocycles. The Hall–Kier alpha value is -2.80. The number of Topliss-reactive ketones (excluding diaryl/α,β-unsaturated/α-hetero) is 1. The van der Waals surface area contributed by atoms with Crippen molar-refractivity contribution in [1.29, 1.82) is 0 Å². The van der Waals surface area contributed by atoms with E-state index in [2.05, 4.69) is 50.6 Å². The van der Waals surface area contributed by atoms with Crippen LogP contribution in [0.15, 0.2) is 36.7 Å². The zero-order valence-corrected chi connectivity index (χ0v) is 16.7. The number of piperazine rings is 1. The normalized spacial score (nSPS) is 22.7. The van der Waals surface area contributed by atoms with Gasteiger partial charge in [0.05, 0.1) is 23.0 Å². The van der Waals surface area contributed by atoms with Gasteiger partial charge in [-0.1, -0.05) is 19.1 Å². The summed E-state index contributed by atoms with van der Waals surface area (Å²) in [5.41, 5.74) is 2.61. The Labute approximate surface area is 170 Å². The predicted molar refractivity (Wildman–Crippen MR) is 113 cm³/mol. The number of ketones is 1. The Bertz CT molecular complexity index is 940. The van der Waals surface area contributed by atoms with E-state index in [0.29, 0.717) is 24.0 Å². The Kier molecular flexibility index (Phi) is 4.54. The lowest BCUT2D eigenvalue weighted by molar-refractivity contribution is -0.125. The average molecular weight is 390 g/mol. The van der Waals surface area contributed by atoms with Crippen molar-refractivity contribution < 1.29 is 4.79 Å². The van der Waals surface area contributed by atoms with Crippen LogP contribution in [0.25, 0.3) is 0 Å². The van der Waals surface area contributed by atoms with Crippen molar-refractivity contribution in [2.75, 3.05) is 36.4 Å². The third-order valence-corrected chi connectivity index (χ3v) is 6.40. The van der Waals surface area contributed by atoms with Gasteiger partial charge < -0.3 is 15.5 Å². The van der Waals surface area contributed by atoms with Gasteiger partial charge >= 0.3 is 0 Å². The molecule has 150 valence electrons. The highest BCUT2D eigenvalue weighted by atomic mass is 16.1. The lowest BCUT2D eigenvalue weighted by Gasteiger charge is -2.35. The molecule has 1 atom stereocenters. The summed E-state index contributed by atoms with van der Waals surface area (Å²) in [6, 6.07) is 4.04. The molecular weight excluding hydrogens is 364 g/mol. The van der Waals surface area contributed by atoms with E-state index in [1.165, 1.54) is 0 Å². The van der Waals surface area contributed by atoms with Crippen molar-refractivity contribution in [2.24, 2.45) is 0 Å². The highest BCUT2D eigenvalue weighted by Crippen LogP contribution is 2.46. The van der Waals surface area contributed by atoms with Crippen molar-refractivity contribution in [1.82, 2.24) is 20.3 Å². The summed E-state index contributed by atoms with van der Waals surface area (Å²) in [7, 11) is 0. The standard InChI is InChI=1S/C22H26N6O/c1-15-12-18(29)22(6-2-3-7-22)20-17(15)14-25-21(27-20)26-19-5-4-16(13-24-19)28-10-8-23-9-11-28/h2-5,13-15,23H,6-12H2,1H3,(H,24,25,26,27). The molecule has 0 aromatic carbocycles. The minimum atomic E-state index is -0.499. The highest BCUT2D eigenvalue weighted by Gasteiger charge is 2.47. The molecule has 1 fully saturated rings. The summed E-state index contributed by atoms with van der Waals surface area (Å²) in [5.74, 6) is 1.66. The van der Waals surface area contributed by atoms with Crippen molar-refractivity contribution in [2.45, 2.75) is 37.5 Å². The molecule has 2 aromatic rings. The quantitative estimate of drug-likeness (QED) is 0.780. The molecule has 5 rings (SSSR count). The van der Waals surface area contributed by atoms with Gasteiger partial charge in [0, 0.05) is 38.8 Å². The number of nitrogens with one attached hydrogen (secondary N) is 2. The van der Waals surface area contributed by atoms with Crippen LogP contribution < -0.4 is 15.5 Å². The Morgan fingerprint density at radius 2 is 1.93 bits per heavy atom. The Balaban J connectivity index is 1.40. The highest BCUT2D eigenvalue weighted by molar-refractivity contribution is 5.93. The first-order valence-electron chi connectivity index (χ1n) is 10.4. The number of rotatable bonds is 3. The van der Waals surface area contributed by atoms with Crippen molar-refractivity contribution >= 4 is 23.2 Å². The smallest absolute Gasteiger partial charge is 0.228 e. The zero-order chi connectivity index (χ0) is 19.8. The third-order valence-electron chi connectivity index (χ3n) is 6.40. The van der Waals surface area contributed by atoms with Gasteiger partial charge in [-0.3, -0.25) is 4.79 Å². The fourth-order valence-electron chi connectivity index (χ4n) is 4.67. The molecule has 0 bridgehead atoms. The van der Waals surface area contributed by atoms with E-state index in [1.807, 2.05) is 18.5 Å². The van der Waals surface area contributed by atoms with Crippen LogP contribution in [0.3, 0.4) is 0 Å². The topological polar surface area (TPSA) is 83.0 Å². The number of hydrogen-bond acceptors (Lipinski definition) is 7. The van der Waals surface area contributed by atoms with E-state index < -0.39 is 5.41 Å². The van der Waals surface area contributed by atoms with Gasteiger partial charge in [-0.05, 0) is 36.5 Å². The monoisotopic (exact) mass is 390 g/mol. The molecule has 0 radical (unpaired) electrons. The van der Waals surface area contributed by atoms with E-state index in [9.17, 15) is 4.79 Å². The molecule has 2 N–H and O–H groups in total. The maximum Gasteiger partial charge on any atom is 0.228 e. The molecule has 1 aliphatic heterocycles. The molecule has 2 aromatic heterocycles. The van der Waals surface area contributed by atoms with Gasteiger partial charge in [-0.2, -0.15) is 0 Å². The molecular formula is C22H26N6O.